The quantitative estimate of drug-likeness (QED) is 0.155. The van der Waals surface area contributed by atoms with E-state index in [1.165, 1.54) is 116 Å². The van der Waals surface area contributed by atoms with Crippen molar-refractivity contribution >= 4 is 107 Å². The van der Waals surface area contributed by atoms with Crippen LogP contribution >= 0.6 is 0 Å². The molecule has 8 aromatic carbocycles. The highest BCUT2D eigenvalue weighted by Gasteiger charge is 2.45. The van der Waals surface area contributed by atoms with Gasteiger partial charge in [0, 0.05) is 50.0 Å². The number of rotatable bonds is 1. The molecule has 0 fully saturated rings. The Morgan fingerprint density at radius 1 is 0.419 bits per heavy atom. The summed E-state index contributed by atoms with van der Waals surface area (Å²) in [7, 11) is 0. The molecule has 4 aliphatic heterocycles. The molecule has 6 heterocycles. The van der Waals surface area contributed by atoms with Crippen molar-refractivity contribution in [1.82, 2.24) is 9.13 Å². The molecule has 0 radical (unpaired) electrons. The fraction of sp³-hybridized carbons (Fsp3) is 0.143. The molecule has 294 valence electrons. The lowest BCUT2D eigenvalue weighted by atomic mass is 9.33. The first kappa shape index (κ1) is 34.8. The minimum Gasteiger partial charge on any atom is -0.458 e. The largest absolute Gasteiger partial charge is 0.458 e. The van der Waals surface area contributed by atoms with Crippen molar-refractivity contribution in [2.75, 3.05) is 4.90 Å². The number of fused-ring (bicyclic) bond motifs is 16. The molecule has 14 rings (SSSR count). The third-order valence-corrected chi connectivity index (χ3v) is 14.6. The third kappa shape index (κ3) is 4.25. The molecule has 0 atom stereocenters. The van der Waals surface area contributed by atoms with Crippen molar-refractivity contribution in [2.24, 2.45) is 0 Å². The predicted octanol–water partition coefficient (Wildman–Crippen LogP) is 10.0. The van der Waals surface area contributed by atoms with Crippen LogP contribution in [0.3, 0.4) is 0 Å². The zero-order chi connectivity index (χ0) is 41.6. The lowest BCUT2D eigenvalue weighted by molar-refractivity contribution is 0.486. The zero-order valence-corrected chi connectivity index (χ0v) is 35.8. The summed E-state index contributed by atoms with van der Waals surface area (Å²) in [5.74, 6) is 1.90. The van der Waals surface area contributed by atoms with Crippen molar-refractivity contribution in [3.63, 3.8) is 0 Å². The maximum Gasteiger partial charge on any atom is 0.256 e. The van der Waals surface area contributed by atoms with Gasteiger partial charge in [-0.25, -0.2) is 0 Å². The Morgan fingerprint density at radius 2 is 1.11 bits per heavy atom. The average Bonchev–Trinajstić information content (AvgIpc) is 3.80. The Kier molecular flexibility index (Phi) is 6.45. The van der Waals surface area contributed by atoms with E-state index in [1.807, 2.05) is 0 Å². The molecule has 0 bridgehead atoms. The highest BCUT2D eigenvalue weighted by atomic mass is 16.5. The lowest BCUT2D eigenvalue weighted by Crippen LogP contribution is -2.60. The summed E-state index contributed by atoms with van der Waals surface area (Å²) < 4.78 is 12.1. The van der Waals surface area contributed by atoms with E-state index in [-0.39, 0.29) is 24.3 Å². The predicted molar refractivity (Wildman–Crippen MR) is 263 cm³/mol. The normalized spacial score (nSPS) is 14.3. The van der Waals surface area contributed by atoms with E-state index in [4.69, 9.17) is 4.74 Å². The van der Waals surface area contributed by atoms with Gasteiger partial charge in [-0.3, -0.25) is 0 Å². The maximum atomic E-state index is 6.86. The lowest BCUT2D eigenvalue weighted by Gasteiger charge is -2.40. The summed E-state index contributed by atoms with van der Waals surface area (Å²) in [6.45, 7) is 14.0. The number of hydrogen-bond donors (Lipinski definition) is 0. The van der Waals surface area contributed by atoms with Crippen LogP contribution in [-0.4, -0.2) is 22.6 Å². The van der Waals surface area contributed by atoms with Gasteiger partial charge in [0.1, 0.15) is 11.5 Å². The van der Waals surface area contributed by atoms with Crippen molar-refractivity contribution in [2.45, 2.75) is 52.4 Å². The molecule has 0 spiro atoms. The standard InChI is InChI=1S/C56H43B2N3O/c1-55(2,3)32-23-26-44-39(29-32)57-38-18-11-13-20-43(38)61-52-37(35-25-27-46(51(57)53(35)61)59(44)34-15-8-7-9-16-34)31-41-54-49(52)36-17-10-12-19-42(36)60(54)45-21-14-22-48-50(45)58(41)40-30-33(56(4,5)6)24-28-47(40)62-48/h7-31H,1-6H3. The van der Waals surface area contributed by atoms with E-state index in [9.17, 15) is 0 Å². The summed E-state index contributed by atoms with van der Waals surface area (Å²) in [6, 6.07) is 57.5. The van der Waals surface area contributed by atoms with Gasteiger partial charge in [0.05, 0.1) is 22.1 Å². The summed E-state index contributed by atoms with van der Waals surface area (Å²) in [5, 5.41) is 5.18. The van der Waals surface area contributed by atoms with E-state index in [0.29, 0.717) is 0 Å². The van der Waals surface area contributed by atoms with E-state index in [0.717, 1.165) is 11.5 Å². The number of nitrogens with zero attached hydrogens (tertiary/aromatic N) is 3. The smallest absolute Gasteiger partial charge is 0.256 e. The van der Waals surface area contributed by atoms with Crippen molar-refractivity contribution < 1.29 is 4.74 Å². The topological polar surface area (TPSA) is 22.3 Å². The van der Waals surface area contributed by atoms with Gasteiger partial charge in [0.25, 0.3) is 13.4 Å². The first-order valence-corrected chi connectivity index (χ1v) is 22.2. The Labute approximate surface area is 362 Å². The second-order valence-corrected chi connectivity index (χ2v) is 20.1. The van der Waals surface area contributed by atoms with Crippen molar-refractivity contribution in [3.05, 3.63) is 163 Å². The summed E-state index contributed by atoms with van der Waals surface area (Å²) in [4.78, 5) is 2.52. The zero-order valence-electron chi connectivity index (χ0n) is 35.8. The Morgan fingerprint density at radius 3 is 1.94 bits per heavy atom. The summed E-state index contributed by atoms with van der Waals surface area (Å²) >= 11 is 0. The first-order chi connectivity index (χ1) is 30.1. The molecule has 4 nitrogen and oxygen atoms in total. The summed E-state index contributed by atoms with van der Waals surface area (Å²) in [6.07, 6.45) is 0. The van der Waals surface area contributed by atoms with Crippen molar-refractivity contribution in [1.29, 1.82) is 0 Å². The molecule has 6 heteroatoms. The van der Waals surface area contributed by atoms with Gasteiger partial charge in [-0.05, 0) is 109 Å². The molecular weight excluding hydrogens is 752 g/mol. The Hall–Kier alpha value is -6.91. The molecule has 0 N–H and O–H groups in total. The Balaban J connectivity index is 1.18. The van der Waals surface area contributed by atoms with Gasteiger partial charge in [-0.1, -0.05) is 139 Å². The second-order valence-electron chi connectivity index (χ2n) is 20.1. The minimum atomic E-state index is -0.0107. The van der Waals surface area contributed by atoms with E-state index >= 15 is 0 Å². The molecule has 0 saturated heterocycles. The highest BCUT2D eigenvalue weighted by molar-refractivity contribution is 7.01. The number of anilines is 3. The van der Waals surface area contributed by atoms with Gasteiger partial charge in [0.2, 0.25) is 0 Å². The average molecular weight is 796 g/mol. The molecule has 4 aliphatic rings. The third-order valence-electron chi connectivity index (χ3n) is 14.6. The fourth-order valence-electron chi connectivity index (χ4n) is 11.9. The fourth-order valence-corrected chi connectivity index (χ4v) is 11.9. The highest BCUT2D eigenvalue weighted by Crippen LogP contribution is 2.47. The van der Waals surface area contributed by atoms with Crippen LogP contribution < -0.4 is 42.4 Å². The number of para-hydroxylation sites is 3. The molecule has 0 amide bonds. The molecular formula is C56H43B2N3O. The van der Waals surface area contributed by atoms with E-state index < -0.39 is 0 Å². The van der Waals surface area contributed by atoms with Crippen LogP contribution in [0.15, 0.2) is 152 Å². The van der Waals surface area contributed by atoms with Crippen LogP contribution in [0.5, 0.6) is 11.5 Å². The van der Waals surface area contributed by atoms with Crippen LogP contribution in [0.2, 0.25) is 0 Å². The molecule has 0 unspecified atom stereocenters. The van der Waals surface area contributed by atoms with Crippen LogP contribution in [0.1, 0.15) is 52.7 Å². The van der Waals surface area contributed by atoms with Gasteiger partial charge < -0.3 is 18.8 Å². The van der Waals surface area contributed by atoms with E-state index in [2.05, 4.69) is 207 Å². The van der Waals surface area contributed by atoms with Gasteiger partial charge in [-0.2, -0.15) is 0 Å². The summed E-state index contributed by atoms with van der Waals surface area (Å²) in [5.41, 5.74) is 21.8. The van der Waals surface area contributed by atoms with Gasteiger partial charge in [-0.15, -0.1) is 0 Å². The Bertz CT molecular complexity index is 3660. The molecule has 10 aromatic rings. The van der Waals surface area contributed by atoms with Crippen LogP contribution in [0.4, 0.5) is 17.1 Å². The minimum absolute atomic E-state index is 0.00166. The van der Waals surface area contributed by atoms with Gasteiger partial charge in [0.15, 0.2) is 0 Å². The molecule has 2 aromatic heterocycles. The number of ether oxygens (including phenoxy) is 1. The SMILES string of the molecule is CC(C)(C)c1ccc2c(c1)B1c3c(cccc3-n3c4ccccc4c4c3c1cc1c3ccc5c6c3n(c14)-c1ccccc1B6c1cc(C(C)(C)C)ccc1N5c1ccccc1)O2. The molecule has 0 saturated carbocycles. The number of aromatic nitrogens is 2. The van der Waals surface area contributed by atoms with Crippen LogP contribution in [0.25, 0.3) is 55.0 Å². The number of hydrogen-bond acceptors (Lipinski definition) is 2. The first-order valence-electron chi connectivity index (χ1n) is 22.2. The van der Waals surface area contributed by atoms with Crippen LogP contribution in [-0.2, 0) is 10.8 Å². The number of benzene rings is 8. The van der Waals surface area contributed by atoms with Crippen molar-refractivity contribution in [3.8, 4) is 22.9 Å². The molecule has 62 heavy (non-hydrogen) atoms. The second kappa shape index (κ2) is 11.5. The van der Waals surface area contributed by atoms with E-state index in [1.54, 1.807) is 0 Å². The molecule has 0 aliphatic carbocycles. The van der Waals surface area contributed by atoms with Gasteiger partial charge >= 0.3 is 0 Å². The monoisotopic (exact) mass is 795 g/mol. The maximum absolute atomic E-state index is 6.86. The van der Waals surface area contributed by atoms with Crippen LogP contribution in [0, 0.1) is 0 Å².